The summed E-state index contributed by atoms with van der Waals surface area (Å²) in [5.74, 6) is 1.48. The second kappa shape index (κ2) is 2.97. The summed E-state index contributed by atoms with van der Waals surface area (Å²) in [6.45, 7) is 0. The first-order valence-corrected chi connectivity index (χ1v) is 3.77. The molecule has 0 aliphatic carbocycles. The highest BCUT2D eigenvalue weighted by Gasteiger charge is 2.33. The molecule has 0 atom stereocenters. The fraction of sp³-hybridized carbons (Fsp3) is 0.250. The zero-order valence-electron chi connectivity index (χ0n) is 7.53. The highest BCUT2D eigenvalue weighted by molar-refractivity contribution is 6.04. The number of hydrogen-bond acceptors (Lipinski definition) is 3. The lowest BCUT2D eigenvalue weighted by atomic mass is 10.2. The molecule has 0 saturated heterocycles. The zero-order valence-corrected chi connectivity index (χ0v) is 8.28. The van der Waals surface area contributed by atoms with Crippen LogP contribution in [0.2, 0.25) is 0 Å². The molecular weight excluding hydrogens is 188 g/mol. The maximum absolute atomic E-state index is 5.72. The number of fused-ring (bicyclic) bond motifs is 1. The summed E-state index contributed by atoms with van der Waals surface area (Å²) in [4.78, 5) is 4.24. The van der Waals surface area contributed by atoms with Gasteiger partial charge in [0.25, 0.3) is 5.82 Å². The van der Waals surface area contributed by atoms with Crippen molar-refractivity contribution in [2.75, 3.05) is 14.1 Å². The third kappa shape index (κ3) is 1.38. The number of halogens is 1. The number of amidine groups is 1. The van der Waals surface area contributed by atoms with E-state index in [1.54, 1.807) is 6.20 Å². The van der Waals surface area contributed by atoms with Crippen LogP contribution in [-0.2, 0) is 0 Å². The van der Waals surface area contributed by atoms with E-state index >= 15 is 0 Å². The smallest absolute Gasteiger partial charge is 0.265 e. The minimum Gasteiger partial charge on any atom is -1.00 e. The normalized spacial score (nSPS) is 17.2. The first kappa shape index (κ1) is 9.95. The van der Waals surface area contributed by atoms with Crippen molar-refractivity contribution < 1.29 is 12.4 Å². The van der Waals surface area contributed by atoms with Gasteiger partial charge in [0.15, 0.2) is 5.84 Å². The van der Waals surface area contributed by atoms with Gasteiger partial charge in [0, 0.05) is 6.20 Å². The van der Waals surface area contributed by atoms with Gasteiger partial charge in [0.1, 0.15) is 5.56 Å². The molecular formula is C8H11ClN4. The van der Waals surface area contributed by atoms with Crippen molar-refractivity contribution in [2.45, 2.75) is 0 Å². The topological polar surface area (TPSA) is 51.3 Å². The Morgan fingerprint density at radius 1 is 1.38 bits per heavy atom. The molecule has 2 heterocycles. The van der Waals surface area contributed by atoms with Crippen molar-refractivity contribution in [3.8, 4) is 0 Å². The third-order valence-corrected chi connectivity index (χ3v) is 1.94. The van der Waals surface area contributed by atoms with E-state index in [-0.39, 0.29) is 12.4 Å². The highest BCUT2D eigenvalue weighted by Crippen LogP contribution is 2.26. The van der Waals surface area contributed by atoms with Crippen LogP contribution in [0.4, 0.5) is 5.82 Å². The Morgan fingerprint density at radius 3 is 2.69 bits per heavy atom. The number of pyridine rings is 1. The fourth-order valence-electron chi connectivity index (χ4n) is 1.40. The summed E-state index contributed by atoms with van der Waals surface area (Å²) in [6, 6.07) is 3.81. The van der Waals surface area contributed by atoms with Crippen LogP contribution in [0, 0.1) is 0 Å². The van der Waals surface area contributed by atoms with Crippen molar-refractivity contribution in [1.82, 2.24) is 9.58 Å². The molecule has 1 aromatic rings. The van der Waals surface area contributed by atoms with E-state index in [0.29, 0.717) is 10.4 Å². The van der Waals surface area contributed by atoms with E-state index in [0.717, 1.165) is 11.4 Å². The van der Waals surface area contributed by atoms with E-state index < -0.39 is 0 Å². The monoisotopic (exact) mass is 198 g/mol. The summed E-state index contributed by atoms with van der Waals surface area (Å²) in [5, 5.41) is 4.26. The summed E-state index contributed by atoms with van der Waals surface area (Å²) < 4.78 is 0.391. The first-order chi connectivity index (χ1) is 5.61. The quantitative estimate of drug-likeness (QED) is 0.461. The van der Waals surface area contributed by atoms with E-state index in [1.165, 1.54) is 0 Å². The van der Waals surface area contributed by atoms with Crippen LogP contribution in [-0.4, -0.2) is 24.9 Å². The second-order valence-corrected chi connectivity index (χ2v) is 3.25. The summed E-state index contributed by atoms with van der Waals surface area (Å²) in [7, 11) is 3.90. The molecule has 1 aliphatic heterocycles. The van der Waals surface area contributed by atoms with Crippen LogP contribution in [0.15, 0.2) is 23.4 Å². The molecule has 0 radical (unpaired) electrons. The van der Waals surface area contributed by atoms with Gasteiger partial charge in [-0.3, -0.25) is 0 Å². The Bertz CT molecular complexity index is 359. The Hall–Kier alpha value is -1.13. The van der Waals surface area contributed by atoms with E-state index in [1.807, 2.05) is 26.2 Å². The van der Waals surface area contributed by atoms with Gasteiger partial charge in [-0.1, -0.05) is 5.10 Å². The Labute approximate surface area is 83.1 Å². The molecule has 2 rings (SSSR count). The average Bonchev–Trinajstić information content (AvgIpc) is 2.25. The molecule has 0 fully saturated rings. The lowest BCUT2D eigenvalue weighted by molar-refractivity contribution is -0.00000293. The van der Waals surface area contributed by atoms with Crippen LogP contribution in [0.25, 0.3) is 0 Å². The molecule has 1 aliphatic rings. The maximum Gasteiger partial charge on any atom is 0.265 e. The van der Waals surface area contributed by atoms with Crippen LogP contribution in [0.1, 0.15) is 5.56 Å². The van der Waals surface area contributed by atoms with Crippen molar-refractivity contribution >= 4 is 11.7 Å². The van der Waals surface area contributed by atoms with E-state index in [2.05, 4.69) is 10.1 Å². The van der Waals surface area contributed by atoms with Gasteiger partial charge in [-0.25, -0.2) is 4.98 Å². The molecule has 0 aromatic carbocycles. The predicted molar refractivity (Wildman–Crippen MR) is 48.6 cm³/mol. The largest absolute Gasteiger partial charge is 1.00 e. The van der Waals surface area contributed by atoms with Gasteiger partial charge < -0.3 is 18.1 Å². The molecule has 0 spiro atoms. The van der Waals surface area contributed by atoms with Gasteiger partial charge in [0.2, 0.25) is 0 Å². The van der Waals surface area contributed by atoms with Crippen LogP contribution < -0.4 is 22.7 Å². The maximum atomic E-state index is 5.72. The van der Waals surface area contributed by atoms with Gasteiger partial charge in [-0.05, 0) is 12.1 Å². The van der Waals surface area contributed by atoms with Crippen LogP contribution in [0.5, 0.6) is 0 Å². The van der Waals surface area contributed by atoms with Crippen LogP contribution in [0.3, 0.4) is 0 Å². The summed E-state index contributed by atoms with van der Waals surface area (Å²) in [5.41, 5.74) is 6.66. The Kier molecular flexibility index (Phi) is 2.28. The number of rotatable bonds is 0. The Morgan fingerprint density at radius 2 is 2.08 bits per heavy atom. The number of aromatic nitrogens is 1. The Balaban J connectivity index is 0.000000845. The molecule has 70 valence electrons. The molecule has 0 saturated carbocycles. The second-order valence-electron chi connectivity index (χ2n) is 3.25. The molecule has 13 heavy (non-hydrogen) atoms. The summed E-state index contributed by atoms with van der Waals surface area (Å²) in [6.07, 6.45) is 1.76. The van der Waals surface area contributed by atoms with Crippen molar-refractivity contribution in [3.63, 3.8) is 0 Å². The average molecular weight is 199 g/mol. The highest BCUT2D eigenvalue weighted by atomic mass is 35.5. The number of quaternary nitrogens is 1. The van der Waals surface area contributed by atoms with E-state index in [4.69, 9.17) is 5.73 Å². The lowest BCUT2D eigenvalue weighted by Gasteiger charge is -2.15. The number of nitrogens with two attached hydrogens (primary N) is 1. The van der Waals surface area contributed by atoms with Gasteiger partial charge >= 0.3 is 0 Å². The third-order valence-electron chi connectivity index (χ3n) is 1.94. The standard InChI is InChI=1S/C8H11N4.ClH/c1-12(2)8-6(7(9)11-12)4-3-5-10-8;/h3-5H,1-2H3,(H2,9,11);1H/q+1;/p-1. The minimum atomic E-state index is 0. The number of nitrogens with zero attached hydrogens (tertiary/aromatic N) is 3. The molecule has 0 bridgehead atoms. The molecule has 0 unspecified atom stereocenters. The zero-order chi connectivity index (χ0) is 8.77. The van der Waals surface area contributed by atoms with Crippen molar-refractivity contribution in [1.29, 1.82) is 0 Å². The minimum absolute atomic E-state index is 0. The van der Waals surface area contributed by atoms with Crippen molar-refractivity contribution in [2.24, 2.45) is 10.8 Å². The first-order valence-electron chi connectivity index (χ1n) is 3.77. The lowest BCUT2D eigenvalue weighted by Crippen LogP contribution is -3.00. The fourth-order valence-corrected chi connectivity index (χ4v) is 1.40. The SMILES string of the molecule is C[N+]1(C)N=C(N)c2cccnc21.[Cl-]. The molecule has 4 nitrogen and oxygen atoms in total. The van der Waals surface area contributed by atoms with Gasteiger partial charge in [-0.2, -0.15) is 4.59 Å². The van der Waals surface area contributed by atoms with E-state index in [9.17, 15) is 0 Å². The number of hydrogen-bond donors (Lipinski definition) is 1. The molecule has 1 aromatic heterocycles. The molecule has 2 N–H and O–H groups in total. The summed E-state index contributed by atoms with van der Waals surface area (Å²) >= 11 is 0. The molecule has 5 heteroatoms. The van der Waals surface area contributed by atoms with Gasteiger partial charge in [-0.15, -0.1) is 0 Å². The molecule has 0 amide bonds. The van der Waals surface area contributed by atoms with Gasteiger partial charge in [0.05, 0.1) is 14.1 Å². The van der Waals surface area contributed by atoms with Crippen LogP contribution >= 0.6 is 0 Å². The predicted octanol–water partition coefficient (Wildman–Crippen LogP) is -2.71. The van der Waals surface area contributed by atoms with Crippen molar-refractivity contribution in [3.05, 3.63) is 23.9 Å².